The van der Waals surface area contributed by atoms with Crippen LogP contribution in [0.25, 0.3) is 0 Å². The Morgan fingerprint density at radius 2 is 2.05 bits per heavy atom. The molecule has 5 nitrogen and oxygen atoms in total. The zero-order valence-electron chi connectivity index (χ0n) is 11.7. The minimum absolute atomic E-state index is 0.0621. The number of carbonyl (C=O) groups excluding carboxylic acids is 1. The van der Waals surface area contributed by atoms with Crippen LogP contribution in [0.2, 0.25) is 0 Å². The molecule has 0 radical (unpaired) electrons. The molecule has 5 heteroatoms. The summed E-state index contributed by atoms with van der Waals surface area (Å²) >= 11 is 0. The number of fused-ring (bicyclic) bond motifs is 1. The highest BCUT2D eigenvalue weighted by molar-refractivity contribution is 5.84. The molecule has 0 saturated heterocycles. The summed E-state index contributed by atoms with van der Waals surface area (Å²) in [6.45, 7) is 0. The van der Waals surface area contributed by atoms with Gasteiger partial charge >= 0.3 is 5.97 Å². The minimum atomic E-state index is -0.359. The molecule has 0 aliphatic carbocycles. The van der Waals surface area contributed by atoms with Crippen LogP contribution in [-0.4, -0.2) is 18.1 Å². The van der Waals surface area contributed by atoms with Crippen LogP contribution in [0.4, 0.5) is 11.4 Å². The number of ether oxygens (including phenoxy) is 1. The van der Waals surface area contributed by atoms with E-state index >= 15 is 0 Å². The first-order valence-electron chi connectivity index (χ1n) is 6.80. The number of aromatic amines is 1. The van der Waals surface area contributed by atoms with Crippen LogP contribution >= 0.6 is 0 Å². The number of H-pyrrole nitrogens is 1. The molecule has 3 rings (SSSR count). The molecule has 1 aromatic carbocycles. The van der Waals surface area contributed by atoms with Crippen molar-refractivity contribution in [3.63, 3.8) is 0 Å². The largest absolute Gasteiger partial charge is 0.466 e. The number of nitrogens with one attached hydrogen (secondary N) is 3. The van der Waals surface area contributed by atoms with Gasteiger partial charge in [-0.15, -0.1) is 0 Å². The van der Waals surface area contributed by atoms with Crippen molar-refractivity contribution in [1.29, 1.82) is 0 Å². The average Bonchev–Trinajstić information content (AvgIpc) is 2.96. The van der Waals surface area contributed by atoms with E-state index in [0.717, 1.165) is 22.8 Å². The van der Waals surface area contributed by atoms with Crippen LogP contribution in [0.1, 0.15) is 18.2 Å². The third kappa shape index (κ3) is 2.91. The van der Waals surface area contributed by atoms with Crippen molar-refractivity contribution in [1.82, 2.24) is 4.98 Å². The van der Waals surface area contributed by atoms with Gasteiger partial charge in [-0.2, -0.15) is 0 Å². The molecular weight excluding hydrogens is 266 g/mol. The highest BCUT2D eigenvalue weighted by Crippen LogP contribution is 2.34. The van der Waals surface area contributed by atoms with E-state index in [1.165, 1.54) is 13.2 Å². The van der Waals surface area contributed by atoms with Gasteiger partial charge in [-0.25, -0.2) is 4.79 Å². The van der Waals surface area contributed by atoms with Gasteiger partial charge in [0.15, 0.2) is 0 Å². The van der Waals surface area contributed by atoms with E-state index in [-0.39, 0.29) is 12.0 Å². The highest BCUT2D eigenvalue weighted by atomic mass is 16.5. The number of benzene rings is 1. The van der Waals surface area contributed by atoms with Crippen LogP contribution in [0.15, 0.2) is 54.4 Å². The summed E-state index contributed by atoms with van der Waals surface area (Å²) in [6.07, 6.45) is 4.05. The Kier molecular flexibility index (Phi) is 3.64. The summed E-state index contributed by atoms with van der Waals surface area (Å²) in [6, 6.07) is 12.0. The molecule has 0 bridgehead atoms. The molecular formula is C16H17N3O2. The molecule has 1 unspecified atom stereocenters. The van der Waals surface area contributed by atoms with Gasteiger partial charge in [-0.1, -0.05) is 12.1 Å². The van der Waals surface area contributed by atoms with E-state index in [2.05, 4.69) is 15.6 Å². The average molecular weight is 283 g/mol. The second-order valence-corrected chi connectivity index (χ2v) is 4.89. The van der Waals surface area contributed by atoms with Gasteiger partial charge in [0, 0.05) is 30.1 Å². The maximum Gasteiger partial charge on any atom is 0.332 e. The van der Waals surface area contributed by atoms with E-state index in [1.807, 2.05) is 42.6 Å². The number of anilines is 2. The quantitative estimate of drug-likeness (QED) is 0.585. The Labute approximate surface area is 123 Å². The second-order valence-electron chi connectivity index (χ2n) is 4.89. The fourth-order valence-electron chi connectivity index (χ4n) is 2.45. The van der Waals surface area contributed by atoms with Crippen molar-refractivity contribution >= 4 is 17.3 Å². The summed E-state index contributed by atoms with van der Waals surface area (Å²) in [7, 11) is 1.38. The van der Waals surface area contributed by atoms with Gasteiger partial charge in [-0.3, -0.25) is 0 Å². The monoisotopic (exact) mass is 283 g/mol. The summed E-state index contributed by atoms with van der Waals surface area (Å²) in [5.74, 6) is -0.359. The molecule has 21 heavy (non-hydrogen) atoms. The van der Waals surface area contributed by atoms with E-state index < -0.39 is 0 Å². The van der Waals surface area contributed by atoms with Crippen molar-refractivity contribution < 1.29 is 9.53 Å². The zero-order chi connectivity index (χ0) is 14.7. The molecule has 2 aromatic rings. The molecule has 3 N–H and O–H groups in total. The normalized spacial score (nSPS) is 19.1. The van der Waals surface area contributed by atoms with Gasteiger partial charge < -0.3 is 20.4 Å². The maximum atomic E-state index is 11.5. The van der Waals surface area contributed by atoms with Crippen LogP contribution in [0, 0.1) is 0 Å². The molecule has 1 aromatic heterocycles. The number of aromatic nitrogens is 1. The zero-order valence-corrected chi connectivity index (χ0v) is 11.7. The molecule has 0 spiro atoms. The van der Waals surface area contributed by atoms with E-state index in [4.69, 9.17) is 4.74 Å². The number of rotatable bonds is 2. The third-order valence-corrected chi connectivity index (χ3v) is 3.47. The Hall–Kier alpha value is -2.69. The van der Waals surface area contributed by atoms with Gasteiger partial charge in [0.2, 0.25) is 0 Å². The van der Waals surface area contributed by atoms with E-state index in [0.29, 0.717) is 6.42 Å². The number of hydrogen-bond acceptors (Lipinski definition) is 4. The molecule has 0 fully saturated rings. The molecule has 0 saturated carbocycles. The lowest BCUT2D eigenvalue weighted by molar-refractivity contribution is -0.134. The van der Waals surface area contributed by atoms with Crippen molar-refractivity contribution in [3.05, 3.63) is 60.1 Å². The number of carbonyl (C=O) groups is 1. The van der Waals surface area contributed by atoms with Crippen molar-refractivity contribution in [2.75, 3.05) is 17.7 Å². The minimum Gasteiger partial charge on any atom is -0.466 e. The molecule has 0 amide bonds. The van der Waals surface area contributed by atoms with Crippen molar-refractivity contribution in [2.45, 2.75) is 12.5 Å². The van der Waals surface area contributed by atoms with Crippen molar-refractivity contribution in [3.8, 4) is 0 Å². The van der Waals surface area contributed by atoms with E-state index in [9.17, 15) is 4.79 Å². The van der Waals surface area contributed by atoms with Gasteiger partial charge in [0.1, 0.15) is 0 Å². The predicted octanol–water partition coefficient (Wildman–Crippen LogP) is 3.04. The van der Waals surface area contributed by atoms with Crippen LogP contribution in [-0.2, 0) is 9.53 Å². The Morgan fingerprint density at radius 1 is 1.24 bits per heavy atom. The van der Waals surface area contributed by atoms with Gasteiger partial charge in [-0.05, 0) is 24.3 Å². The van der Waals surface area contributed by atoms with Crippen molar-refractivity contribution in [2.24, 2.45) is 0 Å². The Bertz CT molecular complexity index is 662. The highest BCUT2D eigenvalue weighted by Gasteiger charge is 2.21. The molecule has 1 atom stereocenters. The Balaban J connectivity index is 1.98. The lowest BCUT2D eigenvalue weighted by Gasteiger charge is -2.16. The first-order chi connectivity index (χ1) is 10.3. The van der Waals surface area contributed by atoms with Crippen LogP contribution in [0.3, 0.4) is 0 Å². The lowest BCUT2D eigenvalue weighted by Crippen LogP contribution is -2.11. The lowest BCUT2D eigenvalue weighted by atomic mass is 10.1. The molecule has 1 aliphatic rings. The van der Waals surface area contributed by atoms with E-state index in [1.54, 1.807) is 0 Å². The van der Waals surface area contributed by atoms with Crippen LogP contribution < -0.4 is 10.6 Å². The standard InChI is InChI=1S/C16H17N3O2/c1-21-16(20)10-11-9-15(12-7-4-8-17-12)19-14-6-3-2-5-13(14)18-11/h2-8,10,15,17-19H,9H2,1H3/b11-10-. The predicted molar refractivity (Wildman–Crippen MR) is 81.9 cm³/mol. The number of para-hydroxylation sites is 2. The first-order valence-corrected chi connectivity index (χ1v) is 6.80. The van der Waals surface area contributed by atoms with Crippen LogP contribution in [0.5, 0.6) is 0 Å². The summed E-state index contributed by atoms with van der Waals surface area (Å²) in [5.41, 5.74) is 3.84. The SMILES string of the molecule is COC(=O)/C=C1/CC(c2ccc[nH]2)Nc2ccccc2N1. The van der Waals surface area contributed by atoms with Gasteiger partial charge in [0.05, 0.1) is 24.5 Å². The second kappa shape index (κ2) is 5.75. The molecule has 108 valence electrons. The number of hydrogen-bond donors (Lipinski definition) is 3. The number of esters is 1. The third-order valence-electron chi connectivity index (χ3n) is 3.47. The first kappa shape index (κ1) is 13.3. The molecule has 2 heterocycles. The molecule has 1 aliphatic heterocycles. The fraction of sp³-hybridized carbons (Fsp3) is 0.188. The smallest absolute Gasteiger partial charge is 0.332 e. The number of methoxy groups -OCH3 is 1. The summed E-state index contributed by atoms with van der Waals surface area (Å²) in [5, 5.41) is 6.80. The Morgan fingerprint density at radius 3 is 2.76 bits per heavy atom. The summed E-state index contributed by atoms with van der Waals surface area (Å²) < 4.78 is 4.72. The summed E-state index contributed by atoms with van der Waals surface area (Å²) in [4.78, 5) is 14.8. The maximum absolute atomic E-state index is 11.5. The topological polar surface area (TPSA) is 66.2 Å². The van der Waals surface area contributed by atoms with Gasteiger partial charge in [0.25, 0.3) is 0 Å². The fourth-order valence-corrected chi connectivity index (χ4v) is 2.45.